The minimum absolute atomic E-state index is 0.147. The largest absolute Gasteiger partial charge is 0.271 e. The monoisotopic (exact) mass is 258 g/mol. The van der Waals surface area contributed by atoms with Gasteiger partial charge in [-0.1, -0.05) is 26.8 Å². The second kappa shape index (κ2) is 6.08. The molecule has 4 heteroatoms. The highest BCUT2D eigenvalue weighted by Crippen LogP contribution is 2.27. The molecule has 3 N–H and O–H groups in total. The van der Waals surface area contributed by atoms with Gasteiger partial charge in [0.05, 0.1) is 11.0 Å². The lowest BCUT2D eigenvalue weighted by molar-refractivity contribution is 0.332. The fourth-order valence-corrected chi connectivity index (χ4v) is 2.64. The Morgan fingerprint density at radius 2 is 1.79 bits per heavy atom. The molecule has 2 rings (SSSR count). The van der Waals surface area contributed by atoms with Crippen LogP contribution in [-0.4, -0.2) is 9.97 Å². The maximum absolute atomic E-state index is 5.74. The molecule has 0 fully saturated rings. The molecule has 0 saturated heterocycles. The van der Waals surface area contributed by atoms with Crippen LogP contribution in [0.2, 0.25) is 0 Å². The van der Waals surface area contributed by atoms with Crippen molar-refractivity contribution in [2.45, 2.75) is 33.2 Å². The number of nitrogens with two attached hydrogens (primary N) is 1. The van der Waals surface area contributed by atoms with Crippen molar-refractivity contribution < 1.29 is 0 Å². The van der Waals surface area contributed by atoms with Crippen molar-refractivity contribution in [3.05, 3.63) is 36.2 Å². The summed E-state index contributed by atoms with van der Waals surface area (Å²) in [6.45, 7) is 6.69. The van der Waals surface area contributed by atoms with E-state index in [0.717, 1.165) is 17.5 Å². The molecule has 0 aliphatic carbocycles. The Kier molecular flexibility index (Phi) is 4.45. The maximum Gasteiger partial charge on any atom is 0.0890 e. The van der Waals surface area contributed by atoms with Crippen molar-refractivity contribution in [2.75, 3.05) is 0 Å². The molecule has 1 aromatic carbocycles. The van der Waals surface area contributed by atoms with E-state index < -0.39 is 0 Å². The summed E-state index contributed by atoms with van der Waals surface area (Å²) in [6.07, 6.45) is 4.56. The molecule has 1 heterocycles. The Bertz CT molecular complexity index is 538. The maximum atomic E-state index is 5.74. The molecule has 19 heavy (non-hydrogen) atoms. The first kappa shape index (κ1) is 13.9. The second-order valence-corrected chi connectivity index (χ2v) is 5.56. The third-order valence-corrected chi connectivity index (χ3v) is 3.44. The summed E-state index contributed by atoms with van der Waals surface area (Å²) in [7, 11) is 0. The number of fused-ring (bicyclic) bond motifs is 1. The third-order valence-electron chi connectivity index (χ3n) is 3.44. The SMILES string of the molecule is CC(C)CC(C)C(NN)c1ccc2nccnc2c1. The van der Waals surface area contributed by atoms with Crippen molar-refractivity contribution in [3.63, 3.8) is 0 Å². The number of aromatic nitrogens is 2. The van der Waals surface area contributed by atoms with Gasteiger partial charge in [-0.25, -0.2) is 0 Å². The molecule has 0 aliphatic rings. The van der Waals surface area contributed by atoms with Gasteiger partial charge in [-0.2, -0.15) is 0 Å². The lowest BCUT2D eigenvalue weighted by atomic mass is 9.88. The predicted octanol–water partition coefficient (Wildman–Crippen LogP) is 2.82. The third kappa shape index (κ3) is 3.28. The van der Waals surface area contributed by atoms with E-state index in [9.17, 15) is 0 Å². The molecule has 0 amide bonds. The minimum Gasteiger partial charge on any atom is -0.271 e. The Morgan fingerprint density at radius 1 is 1.11 bits per heavy atom. The van der Waals surface area contributed by atoms with Crippen molar-refractivity contribution in [1.82, 2.24) is 15.4 Å². The summed E-state index contributed by atoms with van der Waals surface area (Å²) in [6, 6.07) is 6.31. The summed E-state index contributed by atoms with van der Waals surface area (Å²) in [5, 5.41) is 0. The van der Waals surface area contributed by atoms with E-state index in [-0.39, 0.29) is 6.04 Å². The number of rotatable bonds is 5. The van der Waals surface area contributed by atoms with Gasteiger partial charge >= 0.3 is 0 Å². The minimum atomic E-state index is 0.147. The van der Waals surface area contributed by atoms with Crippen LogP contribution in [-0.2, 0) is 0 Å². The van der Waals surface area contributed by atoms with Gasteiger partial charge in [0.1, 0.15) is 0 Å². The molecule has 2 unspecified atom stereocenters. The number of nitrogens with zero attached hydrogens (tertiary/aromatic N) is 2. The first-order chi connectivity index (χ1) is 9.11. The molecule has 2 aromatic rings. The van der Waals surface area contributed by atoms with E-state index in [0.29, 0.717) is 11.8 Å². The zero-order chi connectivity index (χ0) is 13.8. The normalized spacial score (nSPS) is 14.8. The topological polar surface area (TPSA) is 63.8 Å². The first-order valence-electron chi connectivity index (χ1n) is 6.78. The van der Waals surface area contributed by atoms with E-state index in [1.165, 1.54) is 5.56 Å². The molecule has 2 atom stereocenters. The summed E-state index contributed by atoms with van der Waals surface area (Å²) in [4.78, 5) is 8.63. The van der Waals surface area contributed by atoms with Gasteiger partial charge in [0.15, 0.2) is 0 Å². The molecular weight excluding hydrogens is 236 g/mol. The van der Waals surface area contributed by atoms with Gasteiger partial charge in [-0.3, -0.25) is 21.2 Å². The highest BCUT2D eigenvalue weighted by molar-refractivity contribution is 5.74. The Balaban J connectivity index is 2.29. The van der Waals surface area contributed by atoms with Gasteiger partial charge in [0.2, 0.25) is 0 Å². The average molecular weight is 258 g/mol. The Hall–Kier alpha value is -1.52. The van der Waals surface area contributed by atoms with Gasteiger partial charge in [0, 0.05) is 18.4 Å². The number of hydrogen-bond acceptors (Lipinski definition) is 4. The highest BCUT2D eigenvalue weighted by atomic mass is 15.2. The van der Waals surface area contributed by atoms with Crippen LogP contribution in [0.25, 0.3) is 11.0 Å². The zero-order valence-corrected chi connectivity index (χ0v) is 11.8. The molecule has 0 radical (unpaired) electrons. The van der Waals surface area contributed by atoms with Crippen molar-refractivity contribution >= 4 is 11.0 Å². The van der Waals surface area contributed by atoms with Crippen LogP contribution in [0.15, 0.2) is 30.6 Å². The number of nitrogens with one attached hydrogen (secondary N) is 1. The molecule has 0 aliphatic heterocycles. The molecule has 4 nitrogen and oxygen atoms in total. The number of hydrogen-bond donors (Lipinski definition) is 2. The predicted molar refractivity (Wildman–Crippen MR) is 78.2 cm³/mol. The van der Waals surface area contributed by atoms with Crippen LogP contribution in [0, 0.1) is 11.8 Å². The highest BCUT2D eigenvalue weighted by Gasteiger charge is 2.19. The molecular formula is C15H22N4. The van der Waals surface area contributed by atoms with Gasteiger partial charge in [0.25, 0.3) is 0 Å². The Morgan fingerprint density at radius 3 is 2.42 bits per heavy atom. The van der Waals surface area contributed by atoms with Crippen LogP contribution in [0.3, 0.4) is 0 Å². The molecule has 102 valence electrons. The van der Waals surface area contributed by atoms with E-state index >= 15 is 0 Å². The fraction of sp³-hybridized carbons (Fsp3) is 0.467. The van der Waals surface area contributed by atoms with Crippen LogP contribution >= 0.6 is 0 Å². The fourth-order valence-electron chi connectivity index (χ4n) is 2.64. The smallest absolute Gasteiger partial charge is 0.0890 e. The van der Waals surface area contributed by atoms with E-state index in [1.807, 2.05) is 6.07 Å². The van der Waals surface area contributed by atoms with Crippen LogP contribution in [0.5, 0.6) is 0 Å². The summed E-state index contributed by atoms with van der Waals surface area (Å²) < 4.78 is 0. The van der Waals surface area contributed by atoms with Gasteiger partial charge < -0.3 is 0 Å². The quantitative estimate of drug-likeness (QED) is 0.639. The lowest BCUT2D eigenvalue weighted by Gasteiger charge is -2.25. The second-order valence-electron chi connectivity index (χ2n) is 5.56. The van der Waals surface area contributed by atoms with Crippen LogP contribution in [0.4, 0.5) is 0 Å². The lowest BCUT2D eigenvalue weighted by Crippen LogP contribution is -2.33. The summed E-state index contributed by atoms with van der Waals surface area (Å²) >= 11 is 0. The molecule has 0 spiro atoms. The molecule has 0 saturated carbocycles. The van der Waals surface area contributed by atoms with Crippen molar-refractivity contribution in [1.29, 1.82) is 0 Å². The summed E-state index contributed by atoms with van der Waals surface area (Å²) in [5.74, 6) is 6.87. The Labute approximate surface area is 114 Å². The van der Waals surface area contributed by atoms with E-state index in [4.69, 9.17) is 5.84 Å². The zero-order valence-electron chi connectivity index (χ0n) is 11.8. The number of benzene rings is 1. The van der Waals surface area contributed by atoms with E-state index in [1.54, 1.807) is 12.4 Å². The van der Waals surface area contributed by atoms with Crippen LogP contribution < -0.4 is 11.3 Å². The first-order valence-corrected chi connectivity index (χ1v) is 6.78. The van der Waals surface area contributed by atoms with E-state index in [2.05, 4.69) is 48.3 Å². The van der Waals surface area contributed by atoms with Gasteiger partial charge in [-0.05, 0) is 36.0 Å². The van der Waals surface area contributed by atoms with Crippen molar-refractivity contribution in [3.8, 4) is 0 Å². The number of hydrazine groups is 1. The summed E-state index contributed by atoms with van der Waals surface area (Å²) in [5.41, 5.74) is 5.94. The average Bonchev–Trinajstić information content (AvgIpc) is 2.38. The molecule has 0 bridgehead atoms. The van der Waals surface area contributed by atoms with Gasteiger partial charge in [-0.15, -0.1) is 0 Å². The standard InChI is InChI=1S/C15H22N4/c1-10(2)8-11(3)15(19-16)12-4-5-13-14(9-12)18-7-6-17-13/h4-7,9-11,15,19H,8,16H2,1-3H3. The van der Waals surface area contributed by atoms with Crippen molar-refractivity contribution in [2.24, 2.45) is 17.7 Å². The van der Waals surface area contributed by atoms with Crippen LogP contribution in [0.1, 0.15) is 38.8 Å². The molecule has 1 aromatic heterocycles.